The fourth-order valence-electron chi connectivity index (χ4n) is 1.90. The number of esters is 1. The topological polar surface area (TPSA) is 67.9 Å². The molecule has 2 aromatic rings. The molecule has 106 valence electrons. The molecule has 1 aromatic carbocycles. The summed E-state index contributed by atoms with van der Waals surface area (Å²) in [7, 11) is 0. The molecule has 20 heavy (non-hydrogen) atoms. The minimum atomic E-state index is -0.662. The summed E-state index contributed by atoms with van der Waals surface area (Å²) in [6.45, 7) is 4.03. The number of nitrogens with zero attached hydrogens (tertiary/aromatic N) is 2. The van der Waals surface area contributed by atoms with Crippen molar-refractivity contribution in [2.45, 2.75) is 26.2 Å². The summed E-state index contributed by atoms with van der Waals surface area (Å²) in [4.78, 5) is 16.5. The van der Waals surface area contributed by atoms with Gasteiger partial charge in [-0.15, -0.1) is 0 Å². The van der Waals surface area contributed by atoms with Gasteiger partial charge in [-0.05, 0) is 24.6 Å². The van der Waals surface area contributed by atoms with Gasteiger partial charge in [0.1, 0.15) is 11.7 Å². The molecule has 0 spiro atoms. The van der Waals surface area contributed by atoms with Crippen LogP contribution in [0.5, 0.6) is 0 Å². The molecule has 0 fully saturated rings. The largest absolute Gasteiger partial charge is 0.465 e. The fourth-order valence-corrected chi connectivity index (χ4v) is 2.10. The van der Waals surface area contributed by atoms with E-state index in [1.54, 1.807) is 25.1 Å². The summed E-state index contributed by atoms with van der Waals surface area (Å²) in [6.07, 6.45) is 0.720. The maximum atomic E-state index is 12.2. The van der Waals surface area contributed by atoms with E-state index in [0.29, 0.717) is 17.5 Å². The van der Waals surface area contributed by atoms with Crippen LogP contribution in [-0.2, 0) is 16.0 Å². The van der Waals surface area contributed by atoms with Crippen molar-refractivity contribution in [3.05, 3.63) is 46.5 Å². The Balaban J connectivity index is 2.41. The second-order valence-corrected chi connectivity index (χ2v) is 4.67. The van der Waals surface area contributed by atoms with Crippen molar-refractivity contribution in [2.75, 3.05) is 6.61 Å². The number of benzene rings is 1. The van der Waals surface area contributed by atoms with Crippen molar-refractivity contribution in [1.29, 1.82) is 0 Å². The number of nitrogens with one attached hydrogen (secondary N) is 1. The lowest BCUT2D eigenvalue weighted by molar-refractivity contribution is -0.144. The van der Waals surface area contributed by atoms with Crippen molar-refractivity contribution in [3.8, 4) is 0 Å². The highest BCUT2D eigenvalue weighted by Gasteiger charge is 2.28. The van der Waals surface area contributed by atoms with Crippen LogP contribution in [0.25, 0.3) is 0 Å². The Hall–Kier alpha value is -1.88. The monoisotopic (exact) mass is 293 g/mol. The number of H-pyrrole nitrogens is 1. The van der Waals surface area contributed by atoms with Gasteiger partial charge in [-0.3, -0.25) is 9.89 Å². The average molecular weight is 294 g/mol. The normalized spacial score (nSPS) is 12.2. The average Bonchev–Trinajstić information content (AvgIpc) is 2.88. The van der Waals surface area contributed by atoms with E-state index in [1.165, 1.54) is 0 Å². The van der Waals surface area contributed by atoms with Gasteiger partial charge < -0.3 is 4.74 Å². The van der Waals surface area contributed by atoms with E-state index in [4.69, 9.17) is 16.3 Å². The number of carbonyl (C=O) groups excluding carboxylic acids is 1. The van der Waals surface area contributed by atoms with E-state index in [1.807, 2.05) is 13.0 Å². The number of hydrogen-bond acceptors (Lipinski definition) is 4. The number of carbonyl (C=O) groups is 1. The molecule has 0 radical (unpaired) electrons. The quantitative estimate of drug-likeness (QED) is 0.861. The van der Waals surface area contributed by atoms with Gasteiger partial charge in [-0.2, -0.15) is 5.10 Å². The molecule has 1 heterocycles. The maximum Gasteiger partial charge on any atom is 0.321 e. The summed E-state index contributed by atoms with van der Waals surface area (Å²) >= 11 is 5.99. The van der Waals surface area contributed by atoms with Crippen LogP contribution in [0.1, 0.15) is 37.0 Å². The Bertz CT molecular complexity index is 598. The van der Waals surface area contributed by atoms with E-state index in [0.717, 1.165) is 17.8 Å². The van der Waals surface area contributed by atoms with E-state index >= 15 is 0 Å². The number of halogens is 1. The molecule has 0 aliphatic heterocycles. The number of aryl methyl sites for hydroxylation is 1. The minimum Gasteiger partial charge on any atom is -0.465 e. The van der Waals surface area contributed by atoms with Gasteiger partial charge in [-0.25, -0.2) is 4.98 Å². The molecule has 0 aliphatic carbocycles. The van der Waals surface area contributed by atoms with Crippen LogP contribution in [0, 0.1) is 0 Å². The van der Waals surface area contributed by atoms with Gasteiger partial charge in [0.05, 0.1) is 6.61 Å². The fraction of sp³-hybridized carbons (Fsp3) is 0.357. The van der Waals surface area contributed by atoms with E-state index < -0.39 is 5.92 Å². The lowest BCUT2D eigenvalue weighted by atomic mass is 9.98. The highest BCUT2D eigenvalue weighted by atomic mass is 35.5. The molecular formula is C14H16ClN3O2. The third-order valence-electron chi connectivity index (χ3n) is 2.85. The zero-order chi connectivity index (χ0) is 14.5. The lowest BCUT2D eigenvalue weighted by Crippen LogP contribution is -2.18. The number of aromatic nitrogens is 3. The molecule has 1 aromatic heterocycles. The first kappa shape index (κ1) is 14.5. The Labute approximate surface area is 122 Å². The Morgan fingerprint density at radius 3 is 2.85 bits per heavy atom. The van der Waals surface area contributed by atoms with Crippen LogP contribution in [0.2, 0.25) is 5.02 Å². The first-order chi connectivity index (χ1) is 9.65. The molecule has 2 rings (SSSR count). The van der Waals surface area contributed by atoms with Crippen LogP contribution < -0.4 is 0 Å². The number of ether oxygens (including phenoxy) is 1. The summed E-state index contributed by atoms with van der Waals surface area (Å²) in [5, 5.41) is 7.49. The molecule has 0 bridgehead atoms. The van der Waals surface area contributed by atoms with Crippen molar-refractivity contribution in [1.82, 2.24) is 15.2 Å². The highest BCUT2D eigenvalue weighted by Crippen LogP contribution is 2.25. The third-order valence-corrected chi connectivity index (χ3v) is 3.08. The van der Waals surface area contributed by atoms with Crippen LogP contribution in [0.3, 0.4) is 0 Å². The van der Waals surface area contributed by atoms with Crippen molar-refractivity contribution in [2.24, 2.45) is 0 Å². The molecule has 5 nitrogen and oxygen atoms in total. The SMILES string of the molecule is CCOC(=O)C(c1cccc(Cl)c1)c1n[nH]c(CC)n1. The van der Waals surface area contributed by atoms with Crippen LogP contribution in [0.4, 0.5) is 0 Å². The van der Waals surface area contributed by atoms with Gasteiger partial charge in [0.2, 0.25) is 0 Å². The summed E-state index contributed by atoms with van der Waals surface area (Å²) in [5.41, 5.74) is 0.720. The van der Waals surface area contributed by atoms with Crippen molar-refractivity contribution >= 4 is 17.6 Å². The molecular weight excluding hydrogens is 278 g/mol. The number of hydrogen-bond donors (Lipinski definition) is 1. The maximum absolute atomic E-state index is 12.2. The summed E-state index contributed by atoms with van der Waals surface area (Å²) in [5.74, 6) is 0.0977. The van der Waals surface area contributed by atoms with Gasteiger partial charge in [0, 0.05) is 11.4 Å². The minimum absolute atomic E-state index is 0.307. The lowest BCUT2D eigenvalue weighted by Gasteiger charge is -2.13. The van der Waals surface area contributed by atoms with Gasteiger partial charge >= 0.3 is 5.97 Å². The molecule has 0 saturated carbocycles. The van der Waals surface area contributed by atoms with Gasteiger partial charge in [0.15, 0.2) is 5.82 Å². The molecule has 1 atom stereocenters. The molecule has 0 amide bonds. The molecule has 6 heteroatoms. The molecule has 1 unspecified atom stereocenters. The second-order valence-electron chi connectivity index (χ2n) is 4.23. The third kappa shape index (κ3) is 3.17. The first-order valence-corrected chi connectivity index (χ1v) is 6.86. The zero-order valence-electron chi connectivity index (χ0n) is 11.4. The van der Waals surface area contributed by atoms with E-state index in [-0.39, 0.29) is 5.97 Å². The number of rotatable bonds is 5. The smallest absolute Gasteiger partial charge is 0.321 e. The van der Waals surface area contributed by atoms with Gasteiger partial charge in [0.25, 0.3) is 0 Å². The zero-order valence-corrected chi connectivity index (χ0v) is 12.1. The summed E-state index contributed by atoms with van der Waals surface area (Å²) < 4.78 is 5.12. The molecule has 0 aliphatic rings. The highest BCUT2D eigenvalue weighted by molar-refractivity contribution is 6.30. The Kier molecular flexibility index (Phi) is 4.74. The van der Waals surface area contributed by atoms with Gasteiger partial charge in [-0.1, -0.05) is 30.7 Å². The summed E-state index contributed by atoms with van der Waals surface area (Å²) in [6, 6.07) is 7.08. The van der Waals surface area contributed by atoms with Crippen LogP contribution >= 0.6 is 11.6 Å². The van der Waals surface area contributed by atoms with Crippen LogP contribution in [-0.4, -0.2) is 27.8 Å². The number of aromatic amines is 1. The standard InChI is InChI=1S/C14H16ClN3O2/c1-3-11-16-13(18-17-11)12(14(19)20-4-2)9-6-5-7-10(15)8-9/h5-8,12H,3-4H2,1-2H3,(H,16,17,18). The predicted molar refractivity (Wildman–Crippen MR) is 75.7 cm³/mol. The van der Waals surface area contributed by atoms with E-state index in [9.17, 15) is 4.79 Å². The first-order valence-electron chi connectivity index (χ1n) is 6.49. The van der Waals surface area contributed by atoms with Crippen molar-refractivity contribution < 1.29 is 9.53 Å². The Morgan fingerprint density at radius 2 is 2.25 bits per heavy atom. The second kappa shape index (κ2) is 6.52. The van der Waals surface area contributed by atoms with Crippen LogP contribution in [0.15, 0.2) is 24.3 Å². The predicted octanol–water partition coefficient (Wildman–Crippen LogP) is 2.72. The molecule has 0 saturated heterocycles. The van der Waals surface area contributed by atoms with Crippen molar-refractivity contribution in [3.63, 3.8) is 0 Å². The molecule has 1 N–H and O–H groups in total. The Morgan fingerprint density at radius 1 is 1.45 bits per heavy atom. The van der Waals surface area contributed by atoms with E-state index in [2.05, 4.69) is 15.2 Å².